The first kappa shape index (κ1) is 26.6. The van der Waals surface area contributed by atoms with Gasteiger partial charge in [0, 0.05) is 50.6 Å². The number of hydrogen-bond acceptors (Lipinski definition) is 6. The lowest BCUT2D eigenvalue weighted by Gasteiger charge is -2.49. The maximum absolute atomic E-state index is 13.5. The third-order valence-corrected chi connectivity index (χ3v) is 7.87. The van der Waals surface area contributed by atoms with Gasteiger partial charge in [0.05, 0.1) is 37.8 Å². The second kappa shape index (κ2) is 11.4. The summed E-state index contributed by atoms with van der Waals surface area (Å²) in [4.78, 5) is 20.2. The number of carbonyl (C=O) groups is 1. The third kappa shape index (κ3) is 5.86. The minimum absolute atomic E-state index is 0.0957. The van der Waals surface area contributed by atoms with Crippen LogP contribution in [0.25, 0.3) is 0 Å². The molecule has 7 nitrogen and oxygen atoms in total. The SMILES string of the molecule is COc1ccc(N2CCN3c4ccc(C(F)(F)F)cc4C[C@H](C(=O)NCCCN4CCOCC4)[C@H]3C2)cc1. The number of nitrogens with one attached hydrogen (secondary N) is 1. The van der Waals surface area contributed by atoms with Gasteiger partial charge in [-0.15, -0.1) is 0 Å². The molecular weight excluding hydrogens is 497 g/mol. The fourth-order valence-electron chi connectivity index (χ4n) is 5.80. The summed E-state index contributed by atoms with van der Waals surface area (Å²) in [5, 5.41) is 3.09. The van der Waals surface area contributed by atoms with E-state index in [0.717, 1.165) is 62.5 Å². The number of morpholine rings is 1. The van der Waals surface area contributed by atoms with Crippen LogP contribution in [0.4, 0.5) is 24.5 Å². The van der Waals surface area contributed by atoms with Crippen LogP contribution in [0, 0.1) is 5.92 Å². The molecule has 38 heavy (non-hydrogen) atoms. The Morgan fingerprint density at radius 3 is 2.55 bits per heavy atom. The van der Waals surface area contributed by atoms with E-state index in [4.69, 9.17) is 9.47 Å². The van der Waals surface area contributed by atoms with Crippen LogP contribution in [0.5, 0.6) is 5.75 Å². The lowest BCUT2D eigenvalue weighted by molar-refractivity contribution is -0.137. The molecule has 0 aromatic heterocycles. The van der Waals surface area contributed by atoms with Crippen molar-refractivity contribution in [2.24, 2.45) is 5.92 Å². The largest absolute Gasteiger partial charge is 0.497 e. The minimum atomic E-state index is -4.42. The van der Waals surface area contributed by atoms with Crippen molar-refractivity contribution in [3.63, 3.8) is 0 Å². The molecule has 5 rings (SSSR count). The van der Waals surface area contributed by atoms with Crippen LogP contribution in [0.3, 0.4) is 0 Å². The number of piperazine rings is 1. The van der Waals surface area contributed by atoms with Crippen molar-refractivity contribution in [2.45, 2.75) is 25.1 Å². The predicted molar refractivity (Wildman–Crippen MR) is 140 cm³/mol. The maximum atomic E-state index is 13.5. The minimum Gasteiger partial charge on any atom is -0.497 e. The highest BCUT2D eigenvalue weighted by molar-refractivity contribution is 5.82. The summed E-state index contributed by atoms with van der Waals surface area (Å²) in [6, 6.07) is 11.6. The highest BCUT2D eigenvalue weighted by atomic mass is 19.4. The zero-order chi connectivity index (χ0) is 26.7. The molecule has 2 aromatic carbocycles. The summed E-state index contributed by atoms with van der Waals surface area (Å²) in [5.41, 5.74) is 1.75. The molecule has 0 spiro atoms. The molecule has 2 fully saturated rings. The van der Waals surface area contributed by atoms with Crippen molar-refractivity contribution in [3.05, 3.63) is 53.6 Å². The molecule has 0 unspecified atom stereocenters. The Morgan fingerprint density at radius 2 is 1.84 bits per heavy atom. The van der Waals surface area contributed by atoms with Gasteiger partial charge in [-0.3, -0.25) is 9.69 Å². The first-order valence-corrected chi connectivity index (χ1v) is 13.3. The molecule has 10 heteroatoms. The highest BCUT2D eigenvalue weighted by Gasteiger charge is 2.42. The molecule has 3 aliphatic rings. The number of alkyl halides is 3. The number of methoxy groups -OCH3 is 1. The number of rotatable bonds is 7. The molecule has 0 saturated carbocycles. The van der Waals surface area contributed by atoms with Crippen molar-refractivity contribution >= 4 is 17.3 Å². The zero-order valence-corrected chi connectivity index (χ0v) is 21.7. The number of nitrogens with zero attached hydrogens (tertiary/aromatic N) is 3. The smallest absolute Gasteiger partial charge is 0.416 e. The van der Waals surface area contributed by atoms with Gasteiger partial charge >= 0.3 is 6.18 Å². The predicted octanol–water partition coefficient (Wildman–Crippen LogP) is 3.42. The molecule has 0 radical (unpaired) electrons. The van der Waals surface area contributed by atoms with Crippen molar-refractivity contribution < 1.29 is 27.4 Å². The highest BCUT2D eigenvalue weighted by Crippen LogP contribution is 2.40. The Kier molecular flexibility index (Phi) is 7.99. The van der Waals surface area contributed by atoms with Gasteiger partial charge in [-0.2, -0.15) is 13.2 Å². The molecular formula is C28H35F3N4O3. The first-order valence-electron chi connectivity index (χ1n) is 13.3. The van der Waals surface area contributed by atoms with Crippen LogP contribution in [-0.2, 0) is 22.1 Å². The van der Waals surface area contributed by atoms with Gasteiger partial charge in [0.25, 0.3) is 0 Å². The molecule has 0 bridgehead atoms. The van der Waals surface area contributed by atoms with E-state index in [2.05, 4.69) is 20.0 Å². The Labute approximate surface area is 221 Å². The van der Waals surface area contributed by atoms with E-state index in [-0.39, 0.29) is 18.4 Å². The fourth-order valence-corrected chi connectivity index (χ4v) is 5.80. The second-order valence-electron chi connectivity index (χ2n) is 10.2. The molecule has 2 atom stereocenters. The molecule has 3 heterocycles. The fraction of sp³-hybridized carbons (Fsp3) is 0.536. The number of amides is 1. The zero-order valence-electron chi connectivity index (χ0n) is 21.7. The number of benzene rings is 2. The Hall–Kier alpha value is -2.98. The van der Waals surface area contributed by atoms with Crippen molar-refractivity contribution in [1.82, 2.24) is 10.2 Å². The lowest BCUT2D eigenvalue weighted by Crippen LogP contribution is -2.61. The van der Waals surface area contributed by atoms with Gasteiger partial charge in [-0.25, -0.2) is 0 Å². The molecule has 206 valence electrons. The number of carbonyl (C=O) groups excluding carboxylic acids is 1. The molecule has 1 amide bonds. The van der Waals surface area contributed by atoms with Crippen LogP contribution >= 0.6 is 0 Å². The van der Waals surface area contributed by atoms with Crippen LogP contribution < -0.4 is 19.9 Å². The van der Waals surface area contributed by atoms with Crippen LogP contribution in [0.1, 0.15) is 17.5 Å². The summed E-state index contributed by atoms with van der Waals surface area (Å²) in [5.74, 6) is 0.228. The lowest BCUT2D eigenvalue weighted by atomic mass is 9.82. The summed E-state index contributed by atoms with van der Waals surface area (Å²) in [6.07, 6.45) is -3.32. The Balaban J connectivity index is 1.33. The standard InChI is InChI=1S/C28H35F3N4O3/c1-37-23-6-4-22(5-7-23)34-11-12-35-25-8-3-21(28(29,30)31)17-20(25)18-24(26(35)19-34)27(36)32-9-2-10-33-13-15-38-16-14-33/h3-8,17,24,26H,2,9-16,18-19H2,1H3,(H,32,36)/t24-,26+/m0/s1. The molecule has 0 aliphatic carbocycles. The quantitative estimate of drug-likeness (QED) is 0.552. The normalized spacial score (nSPS) is 22.0. The Morgan fingerprint density at radius 1 is 1.08 bits per heavy atom. The average Bonchev–Trinajstić information content (AvgIpc) is 2.94. The topological polar surface area (TPSA) is 57.3 Å². The van der Waals surface area contributed by atoms with E-state index in [1.807, 2.05) is 24.3 Å². The second-order valence-corrected chi connectivity index (χ2v) is 10.2. The summed E-state index contributed by atoms with van der Waals surface area (Å²) < 4.78 is 51.1. The van der Waals surface area contributed by atoms with Gasteiger partial charge in [0.2, 0.25) is 5.91 Å². The van der Waals surface area contributed by atoms with E-state index in [1.54, 1.807) is 13.2 Å². The van der Waals surface area contributed by atoms with Crippen molar-refractivity contribution in [1.29, 1.82) is 0 Å². The molecule has 3 aliphatic heterocycles. The summed E-state index contributed by atoms with van der Waals surface area (Å²) >= 11 is 0. The maximum Gasteiger partial charge on any atom is 0.416 e. The first-order chi connectivity index (χ1) is 18.3. The number of ether oxygens (including phenoxy) is 2. The van der Waals surface area contributed by atoms with Gasteiger partial charge in [-0.05, 0) is 67.4 Å². The number of halogens is 3. The van der Waals surface area contributed by atoms with Crippen molar-refractivity contribution in [2.75, 3.05) is 75.9 Å². The summed E-state index contributed by atoms with van der Waals surface area (Å²) in [6.45, 7) is 6.61. The van der Waals surface area contributed by atoms with Gasteiger partial charge in [-0.1, -0.05) is 0 Å². The molecule has 2 aromatic rings. The van der Waals surface area contributed by atoms with Crippen LogP contribution in [-0.4, -0.2) is 83.0 Å². The van der Waals surface area contributed by atoms with Crippen molar-refractivity contribution in [3.8, 4) is 5.75 Å². The number of anilines is 2. The number of fused-ring (bicyclic) bond motifs is 3. The molecule has 1 N–H and O–H groups in total. The van der Waals surface area contributed by atoms with Gasteiger partial charge in [0.1, 0.15) is 5.75 Å². The van der Waals surface area contributed by atoms with E-state index in [1.165, 1.54) is 6.07 Å². The van der Waals surface area contributed by atoms with E-state index >= 15 is 0 Å². The number of hydrogen-bond donors (Lipinski definition) is 1. The Bertz CT molecular complexity index is 1110. The van der Waals surface area contributed by atoms with Crippen LogP contribution in [0.15, 0.2) is 42.5 Å². The van der Waals surface area contributed by atoms with Gasteiger partial charge in [0.15, 0.2) is 0 Å². The summed E-state index contributed by atoms with van der Waals surface area (Å²) in [7, 11) is 1.63. The molecule has 2 saturated heterocycles. The van der Waals surface area contributed by atoms with E-state index < -0.39 is 17.7 Å². The van der Waals surface area contributed by atoms with E-state index in [9.17, 15) is 18.0 Å². The van der Waals surface area contributed by atoms with Gasteiger partial charge < -0.3 is 24.6 Å². The monoisotopic (exact) mass is 532 g/mol. The van der Waals surface area contributed by atoms with E-state index in [0.29, 0.717) is 31.7 Å². The third-order valence-electron chi connectivity index (χ3n) is 7.87. The van der Waals surface area contributed by atoms with Crippen LogP contribution in [0.2, 0.25) is 0 Å². The average molecular weight is 533 g/mol.